The zero-order chi connectivity index (χ0) is 12.4. The molecular weight excluding hydrogens is 288 g/mol. The Labute approximate surface area is 109 Å². The van der Waals surface area contributed by atoms with Gasteiger partial charge in [-0.2, -0.15) is 0 Å². The normalized spacial score (nSPS) is 16.9. The molecule has 4 nitrogen and oxygen atoms in total. The van der Waals surface area contributed by atoms with Crippen LogP contribution in [0.5, 0.6) is 11.5 Å². The van der Waals surface area contributed by atoms with Crippen molar-refractivity contribution in [2.75, 3.05) is 19.2 Å². The minimum absolute atomic E-state index is 0.117. The van der Waals surface area contributed by atoms with E-state index in [1.165, 1.54) is 0 Å². The van der Waals surface area contributed by atoms with E-state index in [0.717, 1.165) is 11.1 Å². The van der Waals surface area contributed by atoms with Crippen LogP contribution in [-0.2, 0) is 4.74 Å². The van der Waals surface area contributed by atoms with Crippen LogP contribution in [0.25, 0.3) is 0 Å². The second kappa shape index (κ2) is 5.25. The molecule has 0 aromatic heterocycles. The van der Waals surface area contributed by atoms with E-state index in [4.69, 9.17) is 14.2 Å². The number of aliphatic hydroxyl groups excluding tert-OH is 1. The van der Waals surface area contributed by atoms with Gasteiger partial charge < -0.3 is 19.3 Å². The molecule has 1 aromatic rings. The van der Waals surface area contributed by atoms with E-state index in [9.17, 15) is 5.11 Å². The van der Waals surface area contributed by atoms with E-state index in [-0.39, 0.29) is 12.9 Å². The fourth-order valence-corrected chi connectivity index (χ4v) is 2.61. The van der Waals surface area contributed by atoms with Gasteiger partial charge in [0.1, 0.15) is 0 Å². The fraction of sp³-hybridized carbons (Fsp3) is 0.500. The van der Waals surface area contributed by atoms with E-state index < -0.39 is 6.10 Å². The van der Waals surface area contributed by atoms with Crippen LogP contribution in [0.15, 0.2) is 12.1 Å². The quantitative estimate of drug-likeness (QED) is 0.869. The van der Waals surface area contributed by atoms with Gasteiger partial charge in [0, 0.05) is 18.0 Å². The van der Waals surface area contributed by atoms with E-state index in [1.807, 2.05) is 12.1 Å². The Hall–Kier alpha value is -0.780. The lowest BCUT2D eigenvalue weighted by molar-refractivity contribution is 0.117. The Morgan fingerprint density at radius 2 is 2.24 bits per heavy atom. The highest BCUT2D eigenvalue weighted by molar-refractivity contribution is 9.09. The van der Waals surface area contributed by atoms with Gasteiger partial charge in [-0.25, -0.2) is 0 Å². The molecule has 0 bridgehead atoms. The highest BCUT2D eigenvalue weighted by Gasteiger charge is 2.26. The van der Waals surface area contributed by atoms with Crippen molar-refractivity contribution >= 4 is 15.9 Å². The van der Waals surface area contributed by atoms with Crippen LogP contribution >= 0.6 is 15.9 Å². The number of alkyl halides is 1. The third kappa shape index (κ3) is 2.27. The molecule has 2 unspecified atom stereocenters. The minimum atomic E-state index is -0.627. The monoisotopic (exact) mass is 302 g/mol. The summed E-state index contributed by atoms with van der Waals surface area (Å²) in [6, 6.07) is 3.75. The molecule has 1 aliphatic rings. The summed E-state index contributed by atoms with van der Waals surface area (Å²) in [6.45, 7) is 1.91. The summed E-state index contributed by atoms with van der Waals surface area (Å²) in [5, 5.41) is 10.6. The van der Waals surface area contributed by atoms with Gasteiger partial charge in [-0.3, -0.25) is 0 Å². The van der Waals surface area contributed by atoms with Crippen LogP contribution in [0, 0.1) is 0 Å². The van der Waals surface area contributed by atoms with Crippen molar-refractivity contribution in [2.45, 2.75) is 19.1 Å². The molecule has 1 N–H and O–H groups in total. The van der Waals surface area contributed by atoms with Gasteiger partial charge in [0.05, 0.1) is 12.2 Å². The van der Waals surface area contributed by atoms with E-state index in [0.29, 0.717) is 16.8 Å². The van der Waals surface area contributed by atoms with Crippen LogP contribution in [-0.4, -0.2) is 24.3 Å². The van der Waals surface area contributed by atoms with Gasteiger partial charge in [0.25, 0.3) is 0 Å². The van der Waals surface area contributed by atoms with Crippen molar-refractivity contribution < 1.29 is 19.3 Å². The molecule has 5 heteroatoms. The van der Waals surface area contributed by atoms with Crippen molar-refractivity contribution in [1.82, 2.24) is 0 Å². The summed E-state index contributed by atoms with van der Waals surface area (Å²) in [6.07, 6.45) is -0.743. The summed E-state index contributed by atoms with van der Waals surface area (Å²) in [5.41, 5.74) is 1.66. The van der Waals surface area contributed by atoms with Gasteiger partial charge in [-0.1, -0.05) is 22.0 Å². The molecular formula is C12H15BrO4. The molecule has 94 valence electrons. The lowest BCUT2D eigenvalue weighted by Gasteiger charge is -2.20. The Balaban J connectivity index is 2.52. The molecule has 2 atom stereocenters. The number of hydrogen-bond acceptors (Lipinski definition) is 4. The summed E-state index contributed by atoms with van der Waals surface area (Å²) >= 11 is 3.40. The molecule has 0 amide bonds. The number of benzene rings is 1. The summed E-state index contributed by atoms with van der Waals surface area (Å²) in [4.78, 5) is 0. The average Bonchev–Trinajstić information content (AvgIpc) is 2.77. The number of aliphatic hydroxyl groups is 1. The number of fused-ring (bicyclic) bond motifs is 1. The maximum Gasteiger partial charge on any atom is 0.231 e. The topological polar surface area (TPSA) is 47.9 Å². The molecule has 0 spiro atoms. The second-order valence-corrected chi connectivity index (χ2v) is 4.50. The highest BCUT2D eigenvalue weighted by atomic mass is 79.9. The zero-order valence-corrected chi connectivity index (χ0v) is 11.4. The lowest BCUT2D eigenvalue weighted by atomic mass is 9.98. The third-order valence-electron chi connectivity index (χ3n) is 2.80. The molecule has 0 aliphatic carbocycles. The Kier molecular flexibility index (Phi) is 3.91. The van der Waals surface area contributed by atoms with Crippen molar-refractivity contribution in [3.8, 4) is 11.5 Å². The van der Waals surface area contributed by atoms with Crippen LogP contribution in [0.2, 0.25) is 0 Å². The highest BCUT2D eigenvalue weighted by Crippen LogP contribution is 2.43. The van der Waals surface area contributed by atoms with Crippen molar-refractivity contribution in [3.63, 3.8) is 0 Å². The number of halogens is 1. The lowest BCUT2D eigenvalue weighted by Crippen LogP contribution is -2.09. The van der Waals surface area contributed by atoms with Gasteiger partial charge >= 0.3 is 0 Å². The number of hydrogen-bond donors (Lipinski definition) is 1. The molecule has 1 aliphatic heterocycles. The van der Waals surface area contributed by atoms with Crippen LogP contribution in [0.3, 0.4) is 0 Å². The first kappa shape index (κ1) is 12.7. The van der Waals surface area contributed by atoms with Gasteiger partial charge in [-0.15, -0.1) is 0 Å². The maximum atomic E-state index is 9.90. The first-order valence-electron chi connectivity index (χ1n) is 5.38. The predicted molar refractivity (Wildman–Crippen MR) is 66.7 cm³/mol. The Morgan fingerprint density at radius 3 is 2.82 bits per heavy atom. The molecule has 0 radical (unpaired) electrons. The molecule has 2 rings (SSSR count). The van der Waals surface area contributed by atoms with Crippen molar-refractivity contribution in [2.24, 2.45) is 0 Å². The molecule has 1 aromatic carbocycles. The van der Waals surface area contributed by atoms with Crippen LogP contribution in [0.1, 0.15) is 30.3 Å². The first-order chi connectivity index (χ1) is 8.19. The molecule has 0 saturated heterocycles. The summed E-state index contributed by atoms with van der Waals surface area (Å²) in [5.74, 6) is 1.30. The van der Waals surface area contributed by atoms with E-state index in [2.05, 4.69) is 15.9 Å². The summed E-state index contributed by atoms with van der Waals surface area (Å²) in [7, 11) is 1.64. The second-order valence-electron chi connectivity index (χ2n) is 3.86. The minimum Gasteiger partial charge on any atom is -0.454 e. The van der Waals surface area contributed by atoms with Crippen LogP contribution in [0.4, 0.5) is 0 Å². The van der Waals surface area contributed by atoms with Crippen molar-refractivity contribution in [1.29, 1.82) is 0 Å². The van der Waals surface area contributed by atoms with E-state index >= 15 is 0 Å². The van der Waals surface area contributed by atoms with Gasteiger partial charge in [0.2, 0.25) is 6.79 Å². The Bertz CT molecular complexity index is 402. The Morgan fingerprint density at radius 1 is 1.47 bits per heavy atom. The smallest absolute Gasteiger partial charge is 0.231 e. The number of methoxy groups -OCH3 is 1. The maximum absolute atomic E-state index is 9.90. The first-order valence-corrected chi connectivity index (χ1v) is 6.50. The fourth-order valence-electron chi connectivity index (χ4n) is 1.99. The number of ether oxygens (including phenoxy) is 3. The molecule has 1 heterocycles. The summed E-state index contributed by atoms with van der Waals surface area (Å²) < 4.78 is 16.1. The van der Waals surface area contributed by atoms with Gasteiger partial charge in [0.15, 0.2) is 11.5 Å². The molecule has 17 heavy (non-hydrogen) atoms. The standard InChI is InChI=1S/C12H15BrO4/c1-7(14)11-8(10(5-13)15-2)3-4-9-12(11)17-6-16-9/h3-4,7,10,14H,5-6H2,1-2H3. The zero-order valence-electron chi connectivity index (χ0n) is 9.77. The third-order valence-corrected chi connectivity index (χ3v) is 3.39. The largest absolute Gasteiger partial charge is 0.454 e. The van der Waals surface area contributed by atoms with Gasteiger partial charge in [-0.05, 0) is 18.6 Å². The van der Waals surface area contributed by atoms with Crippen molar-refractivity contribution in [3.05, 3.63) is 23.3 Å². The number of rotatable bonds is 4. The van der Waals surface area contributed by atoms with E-state index in [1.54, 1.807) is 14.0 Å². The SMILES string of the molecule is COC(CBr)c1ccc2c(c1C(C)O)OCO2. The predicted octanol–water partition coefficient (Wildman–Crippen LogP) is 2.55. The van der Waals surface area contributed by atoms with Crippen LogP contribution < -0.4 is 9.47 Å². The average molecular weight is 303 g/mol. The molecule has 0 saturated carbocycles. The molecule has 0 fully saturated rings.